The number of esters is 2. The first kappa shape index (κ1) is 37.9. The maximum absolute atomic E-state index is 13.9. The normalized spacial score (nSPS) is 17.0. The van der Waals surface area contributed by atoms with E-state index in [1.54, 1.807) is 18.2 Å². The molecule has 5 nitrogen and oxygen atoms in total. The van der Waals surface area contributed by atoms with Gasteiger partial charge in [0.2, 0.25) is 0 Å². The number of carbonyl (C=O) groups is 2. The van der Waals surface area contributed by atoms with Crippen LogP contribution in [0.1, 0.15) is 145 Å². The second-order valence-electron chi connectivity index (χ2n) is 12.9. The van der Waals surface area contributed by atoms with Gasteiger partial charge in [-0.3, -0.25) is 0 Å². The highest BCUT2D eigenvalue weighted by Crippen LogP contribution is 2.31. The lowest BCUT2D eigenvalue weighted by molar-refractivity contribution is -0.157. The molecule has 0 aromatic heterocycles. The number of hydrogen-bond donors (Lipinski definition) is 0. The van der Waals surface area contributed by atoms with Crippen molar-refractivity contribution < 1.29 is 28.2 Å². The molecule has 1 saturated carbocycles. The summed E-state index contributed by atoms with van der Waals surface area (Å²) in [6, 6.07) is 12.7. The molecule has 0 saturated heterocycles. The highest BCUT2D eigenvalue weighted by atomic mass is 35.5. The van der Waals surface area contributed by atoms with Crippen LogP contribution in [0.2, 0.25) is 5.02 Å². The molecule has 1 atom stereocenters. The Kier molecular flexibility index (Phi) is 18.2. The van der Waals surface area contributed by atoms with E-state index in [-0.39, 0.29) is 12.5 Å². The van der Waals surface area contributed by atoms with Crippen LogP contribution in [0, 0.1) is 5.92 Å². The first-order valence-electron chi connectivity index (χ1n) is 18.0. The fourth-order valence-electron chi connectivity index (χ4n) is 6.07. The molecule has 2 aromatic rings. The topological polar surface area (TPSA) is 61.8 Å². The van der Waals surface area contributed by atoms with Crippen LogP contribution in [0.4, 0.5) is 4.39 Å². The Morgan fingerprint density at radius 2 is 1.41 bits per heavy atom. The summed E-state index contributed by atoms with van der Waals surface area (Å²) in [5, 5.41) is 0.313. The maximum atomic E-state index is 13.9. The molecule has 1 aliphatic carbocycles. The van der Waals surface area contributed by atoms with Crippen molar-refractivity contribution in [2.24, 2.45) is 5.92 Å². The molecule has 3 rings (SSSR count). The molecule has 1 aliphatic rings. The van der Waals surface area contributed by atoms with Crippen molar-refractivity contribution in [1.29, 1.82) is 0 Å². The van der Waals surface area contributed by atoms with Crippen molar-refractivity contribution in [3.05, 3.63) is 58.6 Å². The number of alkyl halides is 1. The highest BCUT2D eigenvalue weighted by molar-refractivity contribution is 6.33. The number of rotatable bonds is 22. The van der Waals surface area contributed by atoms with Crippen LogP contribution in [0.5, 0.6) is 11.5 Å². The predicted octanol–water partition coefficient (Wildman–Crippen LogP) is 11.4. The summed E-state index contributed by atoms with van der Waals surface area (Å²) in [4.78, 5) is 24.8. The van der Waals surface area contributed by atoms with Crippen LogP contribution in [-0.2, 0) is 16.0 Å². The molecule has 0 heterocycles. The number of carbonyl (C=O) groups excluding carboxylic acids is 2. The Morgan fingerprint density at radius 3 is 2.04 bits per heavy atom. The zero-order valence-electron chi connectivity index (χ0n) is 28.2. The number of ether oxygens (including phenoxy) is 3. The zero-order chi connectivity index (χ0) is 33.0. The van der Waals surface area contributed by atoms with Crippen molar-refractivity contribution in [2.45, 2.75) is 148 Å². The third-order valence-electron chi connectivity index (χ3n) is 9.05. The van der Waals surface area contributed by atoms with Crippen LogP contribution in [-0.4, -0.2) is 30.8 Å². The number of halogens is 2. The van der Waals surface area contributed by atoms with Crippen molar-refractivity contribution in [2.75, 3.05) is 6.61 Å². The lowest BCUT2D eigenvalue weighted by Crippen LogP contribution is -2.29. The molecule has 0 spiro atoms. The Bertz CT molecular complexity index is 1150. The number of hydrogen-bond acceptors (Lipinski definition) is 5. The van der Waals surface area contributed by atoms with Crippen LogP contribution in [0.15, 0.2) is 42.5 Å². The second-order valence-corrected chi connectivity index (χ2v) is 13.3. The molecule has 256 valence electrons. The van der Waals surface area contributed by atoms with E-state index in [4.69, 9.17) is 25.8 Å². The summed E-state index contributed by atoms with van der Waals surface area (Å²) in [6.07, 6.45) is 18.4. The zero-order valence-corrected chi connectivity index (χ0v) is 29.0. The van der Waals surface area contributed by atoms with Gasteiger partial charge in [-0.05, 0) is 93.2 Å². The second kappa shape index (κ2) is 22.1. The fraction of sp³-hybridized carbons (Fsp3) is 0.641. The van der Waals surface area contributed by atoms with Crippen LogP contribution < -0.4 is 9.47 Å². The summed E-state index contributed by atoms with van der Waals surface area (Å²) in [5.41, 5.74) is 1.48. The Hall–Kier alpha value is -2.60. The third-order valence-corrected chi connectivity index (χ3v) is 9.36. The maximum Gasteiger partial charge on any atom is 0.345 e. The van der Waals surface area contributed by atoms with E-state index in [1.807, 2.05) is 31.2 Å². The minimum absolute atomic E-state index is 0.163. The molecule has 0 aliphatic heterocycles. The number of unbranched alkanes of at least 4 members (excludes halogenated alkanes) is 10. The smallest absolute Gasteiger partial charge is 0.345 e. The molecule has 0 bridgehead atoms. The van der Waals surface area contributed by atoms with E-state index in [2.05, 4.69) is 6.92 Å². The molecular formula is C39H56ClFO5. The summed E-state index contributed by atoms with van der Waals surface area (Å²) in [5.74, 6) is 0.491. The van der Waals surface area contributed by atoms with Crippen molar-refractivity contribution in [1.82, 2.24) is 0 Å². The Labute approximate surface area is 281 Å². The van der Waals surface area contributed by atoms with Gasteiger partial charge in [-0.25, -0.2) is 14.0 Å². The van der Waals surface area contributed by atoms with Gasteiger partial charge in [0.25, 0.3) is 0 Å². The fourth-order valence-corrected chi connectivity index (χ4v) is 6.31. The van der Waals surface area contributed by atoms with Gasteiger partial charge in [-0.15, -0.1) is 0 Å². The van der Waals surface area contributed by atoms with E-state index in [0.29, 0.717) is 41.0 Å². The van der Waals surface area contributed by atoms with Gasteiger partial charge in [0.1, 0.15) is 17.6 Å². The average molecular weight is 659 g/mol. The SMILES string of the molecule is CCCCCCCCCCCCOc1ccc(C(=O)Oc2ccc(CCC3CCC(OC(=O)[C@@H](F)CCCC)CC3)cc2)c(Cl)c1. The molecule has 0 amide bonds. The molecule has 2 aromatic carbocycles. The van der Waals surface area contributed by atoms with Gasteiger partial charge in [-0.2, -0.15) is 0 Å². The van der Waals surface area contributed by atoms with Gasteiger partial charge >= 0.3 is 11.9 Å². The van der Waals surface area contributed by atoms with Crippen molar-refractivity contribution in [3.8, 4) is 11.5 Å². The van der Waals surface area contributed by atoms with E-state index in [1.165, 1.54) is 56.9 Å². The van der Waals surface area contributed by atoms with Crippen molar-refractivity contribution >= 4 is 23.5 Å². The van der Waals surface area contributed by atoms with E-state index in [0.717, 1.165) is 57.8 Å². The highest BCUT2D eigenvalue weighted by Gasteiger charge is 2.27. The Balaban J connectivity index is 1.30. The van der Waals surface area contributed by atoms with Gasteiger partial charge in [0.05, 0.1) is 17.2 Å². The van der Waals surface area contributed by atoms with Crippen molar-refractivity contribution in [3.63, 3.8) is 0 Å². The quantitative estimate of drug-likeness (QED) is 0.0715. The summed E-state index contributed by atoms with van der Waals surface area (Å²) >= 11 is 6.42. The molecule has 0 radical (unpaired) electrons. The van der Waals surface area contributed by atoms with Gasteiger partial charge in [0.15, 0.2) is 6.17 Å². The molecular weight excluding hydrogens is 603 g/mol. The standard InChI is InChI=1S/C39H56ClFO5/c1-3-5-7-8-9-10-11-12-13-14-28-44-34-26-27-35(36(40)29-34)38(42)45-32-22-18-30(19-23-32)16-17-31-20-24-33(25-21-31)46-39(43)37(41)15-6-4-2/h18-19,22-23,26-27,29,31,33,37H,3-17,20-21,24-25,28H2,1-2H3/t31?,33?,37-/m0/s1. The third kappa shape index (κ3) is 14.4. The summed E-state index contributed by atoms with van der Waals surface area (Å²) in [7, 11) is 0. The van der Waals surface area contributed by atoms with Gasteiger partial charge in [0, 0.05) is 0 Å². The number of aryl methyl sites for hydroxylation is 1. The predicted molar refractivity (Wildman–Crippen MR) is 185 cm³/mol. The number of benzene rings is 2. The van der Waals surface area contributed by atoms with Gasteiger partial charge in [-0.1, -0.05) is 108 Å². The molecule has 7 heteroatoms. The molecule has 0 unspecified atom stereocenters. The van der Waals surface area contributed by atoms with Crippen LogP contribution >= 0.6 is 11.6 Å². The first-order valence-corrected chi connectivity index (χ1v) is 18.3. The first-order chi connectivity index (χ1) is 22.4. The van der Waals surface area contributed by atoms with Crippen LogP contribution in [0.25, 0.3) is 0 Å². The lowest BCUT2D eigenvalue weighted by atomic mass is 9.83. The van der Waals surface area contributed by atoms with E-state index < -0.39 is 18.1 Å². The average Bonchev–Trinajstić information content (AvgIpc) is 3.06. The Morgan fingerprint density at radius 1 is 0.804 bits per heavy atom. The molecule has 0 N–H and O–H groups in total. The summed E-state index contributed by atoms with van der Waals surface area (Å²) in [6.45, 7) is 4.87. The minimum Gasteiger partial charge on any atom is -0.494 e. The molecule has 1 fully saturated rings. The molecule has 46 heavy (non-hydrogen) atoms. The van der Waals surface area contributed by atoms with Gasteiger partial charge < -0.3 is 14.2 Å². The monoisotopic (exact) mass is 658 g/mol. The van der Waals surface area contributed by atoms with E-state index >= 15 is 0 Å². The largest absolute Gasteiger partial charge is 0.494 e. The van der Waals surface area contributed by atoms with E-state index in [9.17, 15) is 14.0 Å². The lowest BCUT2D eigenvalue weighted by Gasteiger charge is -2.28. The summed E-state index contributed by atoms with van der Waals surface area (Å²) < 4.78 is 30.8. The minimum atomic E-state index is -1.50. The van der Waals surface area contributed by atoms with Crippen LogP contribution in [0.3, 0.4) is 0 Å².